The molecule has 2 saturated heterocycles. The fraction of sp³-hybridized carbons (Fsp3) is 0.286. The fourth-order valence-corrected chi connectivity index (χ4v) is 3.72. The van der Waals surface area contributed by atoms with Gasteiger partial charge in [-0.15, -0.1) is 0 Å². The Kier molecular flexibility index (Phi) is 5.37. The molecule has 2 aromatic rings. The Morgan fingerprint density at radius 3 is 2.10 bits per heavy atom. The monoisotopic (exact) mass is 413 g/mol. The summed E-state index contributed by atoms with van der Waals surface area (Å²) in [6.45, 7) is 2.91. The van der Waals surface area contributed by atoms with Crippen LogP contribution in [0.2, 0.25) is 0 Å². The van der Waals surface area contributed by atoms with Crippen LogP contribution in [-0.2, 0) is 9.59 Å². The van der Waals surface area contributed by atoms with Crippen molar-refractivity contribution >= 4 is 29.2 Å². The van der Waals surface area contributed by atoms with Gasteiger partial charge in [-0.2, -0.15) is 0 Å². The molecule has 30 heavy (non-hydrogen) atoms. The van der Waals surface area contributed by atoms with Crippen LogP contribution in [0.4, 0.5) is 20.6 Å². The molecule has 156 valence electrons. The number of piperazine rings is 1. The topological polar surface area (TPSA) is 74.6 Å². The summed E-state index contributed by atoms with van der Waals surface area (Å²) < 4.78 is 18.2. The van der Waals surface area contributed by atoms with Gasteiger partial charge < -0.3 is 14.5 Å². The highest BCUT2D eigenvalue weighted by Gasteiger charge is 2.47. The second-order valence-electron chi connectivity index (χ2n) is 7.23. The van der Waals surface area contributed by atoms with Gasteiger partial charge in [-0.25, -0.2) is 19.0 Å². The Hall–Kier alpha value is -3.46. The Bertz CT molecular complexity index is 956. The summed E-state index contributed by atoms with van der Waals surface area (Å²) in [7, 11) is 1.52. The molecule has 4 amide bonds. The molecule has 0 saturated carbocycles. The second kappa shape index (κ2) is 8.11. The van der Waals surface area contributed by atoms with E-state index in [0.717, 1.165) is 20.4 Å². The summed E-state index contributed by atoms with van der Waals surface area (Å²) in [5.74, 6) is -1.36. The van der Waals surface area contributed by atoms with E-state index in [1.165, 1.54) is 19.2 Å². The highest BCUT2D eigenvalue weighted by Crippen LogP contribution is 2.24. The van der Waals surface area contributed by atoms with Crippen molar-refractivity contribution < 1.29 is 28.4 Å². The van der Waals surface area contributed by atoms with Gasteiger partial charge in [0.05, 0.1) is 39.0 Å². The predicted octanol–water partition coefficient (Wildman–Crippen LogP) is 0.492. The standard InChI is InChI=1S/C21H21FN4O4/c1-30-18-8-6-17(7-9-18)26-20(28)19(27)25(21(26)29)14-23-10-12-24(13-11-23)16-4-2-15(22)3-5-16/h2-9H,10-14H2,1H3/p+1. The molecule has 0 bridgehead atoms. The number of imide groups is 2. The quantitative estimate of drug-likeness (QED) is 0.571. The number of quaternary nitrogens is 1. The number of carbonyl (C=O) groups excluding carboxylic acids is 3. The van der Waals surface area contributed by atoms with Gasteiger partial charge in [0, 0.05) is 5.69 Å². The third kappa shape index (κ3) is 3.71. The first-order valence-electron chi connectivity index (χ1n) is 9.66. The van der Waals surface area contributed by atoms with E-state index < -0.39 is 17.8 Å². The lowest BCUT2D eigenvalue weighted by molar-refractivity contribution is -0.907. The largest absolute Gasteiger partial charge is 0.497 e. The number of anilines is 2. The van der Waals surface area contributed by atoms with Crippen LogP contribution in [0.1, 0.15) is 0 Å². The lowest BCUT2D eigenvalue weighted by Gasteiger charge is -2.34. The fourth-order valence-electron chi connectivity index (χ4n) is 3.72. The van der Waals surface area contributed by atoms with E-state index in [2.05, 4.69) is 4.90 Å². The predicted molar refractivity (Wildman–Crippen MR) is 107 cm³/mol. The van der Waals surface area contributed by atoms with Crippen LogP contribution in [0, 0.1) is 5.82 Å². The molecule has 2 aliphatic rings. The van der Waals surface area contributed by atoms with Crippen LogP contribution in [0.25, 0.3) is 0 Å². The number of urea groups is 1. The number of ether oxygens (including phenoxy) is 1. The van der Waals surface area contributed by atoms with Gasteiger partial charge in [-0.3, -0.25) is 9.59 Å². The summed E-state index contributed by atoms with van der Waals surface area (Å²) in [4.78, 5) is 42.7. The van der Waals surface area contributed by atoms with Crippen LogP contribution in [0.5, 0.6) is 5.75 Å². The first-order chi connectivity index (χ1) is 14.5. The SMILES string of the molecule is COc1ccc(N2C(=O)C(=O)N(C[NH+]3CCN(c4ccc(F)cc4)CC3)C2=O)cc1. The van der Waals surface area contributed by atoms with E-state index in [1.54, 1.807) is 36.4 Å². The molecule has 0 unspecified atom stereocenters. The molecule has 2 aliphatic heterocycles. The third-order valence-corrected chi connectivity index (χ3v) is 5.43. The molecular weight excluding hydrogens is 391 g/mol. The van der Waals surface area contributed by atoms with Crippen molar-refractivity contribution in [3.63, 3.8) is 0 Å². The number of halogens is 1. The highest BCUT2D eigenvalue weighted by molar-refractivity contribution is 6.52. The van der Waals surface area contributed by atoms with Crippen LogP contribution < -0.4 is 19.4 Å². The molecule has 0 aliphatic carbocycles. The zero-order chi connectivity index (χ0) is 21.3. The Balaban J connectivity index is 1.40. The maximum atomic E-state index is 13.1. The first kappa shape index (κ1) is 19.8. The van der Waals surface area contributed by atoms with Crippen molar-refractivity contribution in [3.05, 3.63) is 54.3 Å². The van der Waals surface area contributed by atoms with Crippen LogP contribution in [0.15, 0.2) is 48.5 Å². The van der Waals surface area contributed by atoms with E-state index in [0.29, 0.717) is 37.6 Å². The minimum Gasteiger partial charge on any atom is -0.497 e. The summed E-state index contributed by atoms with van der Waals surface area (Å²) in [5.41, 5.74) is 1.27. The molecule has 8 nitrogen and oxygen atoms in total. The minimum absolute atomic E-state index is 0.132. The molecule has 0 spiro atoms. The lowest BCUT2D eigenvalue weighted by Crippen LogP contribution is -3.16. The van der Waals surface area contributed by atoms with E-state index in [-0.39, 0.29) is 12.5 Å². The zero-order valence-electron chi connectivity index (χ0n) is 16.5. The first-order valence-corrected chi connectivity index (χ1v) is 9.66. The molecule has 2 aromatic carbocycles. The number of hydrogen-bond acceptors (Lipinski definition) is 5. The molecule has 4 rings (SSSR count). The van der Waals surface area contributed by atoms with Crippen molar-refractivity contribution in [2.45, 2.75) is 0 Å². The normalized spacial score (nSPS) is 17.8. The maximum absolute atomic E-state index is 13.1. The number of rotatable bonds is 5. The number of nitrogens with zero attached hydrogens (tertiary/aromatic N) is 3. The number of benzene rings is 2. The van der Waals surface area contributed by atoms with E-state index in [9.17, 15) is 18.8 Å². The summed E-state index contributed by atoms with van der Waals surface area (Å²) in [6, 6.07) is 12.1. The van der Waals surface area contributed by atoms with Crippen molar-refractivity contribution in [2.75, 3.05) is 49.8 Å². The highest BCUT2D eigenvalue weighted by atomic mass is 19.1. The summed E-state index contributed by atoms with van der Waals surface area (Å²) >= 11 is 0. The number of methoxy groups -OCH3 is 1. The average Bonchev–Trinajstić information content (AvgIpc) is 2.98. The molecular formula is C21H22FN4O4+. The van der Waals surface area contributed by atoms with Crippen molar-refractivity contribution in [2.24, 2.45) is 0 Å². The Morgan fingerprint density at radius 1 is 0.900 bits per heavy atom. The third-order valence-electron chi connectivity index (χ3n) is 5.43. The van der Waals surface area contributed by atoms with Gasteiger partial charge in [0.25, 0.3) is 0 Å². The van der Waals surface area contributed by atoms with E-state index in [4.69, 9.17) is 4.74 Å². The van der Waals surface area contributed by atoms with Crippen LogP contribution >= 0.6 is 0 Å². The van der Waals surface area contributed by atoms with Crippen molar-refractivity contribution in [3.8, 4) is 5.75 Å². The van der Waals surface area contributed by atoms with Crippen LogP contribution in [-0.4, -0.2) is 62.7 Å². The molecule has 2 fully saturated rings. The summed E-state index contributed by atoms with van der Waals surface area (Å²) in [5, 5.41) is 0. The molecule has 2 heterocycles. The number of hydrogen-bond donors (Lipinski definition) is 1. The Labute approximate surface area is 173 Å². The van der Waals surface area contributed by atoms with Gasteiger partial charge in [0.15, 0.2) is 6.67 Å². The van der Waals surface area contributed by atoms with Gasteiger partial charge in [-0.1, -0.05) is 0 Å². The van der Waals surface area contributed by atoms with Crippen molar-refractivity contribution in [1.82, 2.24) is 4.90 Å². The van der Waals surface area contributed by atoms with Crippen molar-refractivity contribution in [1.29, 1.82) is 0 Å². The zero-order valence-corrected chi connectivity index (χ0v) is 16.5. The van der Waals surface area contributed by atoms with Gasteiger partial charge in [-0.05, 0) is 48.5 Å². The Morgan fingerprint density at radius 2 is 1.50 bits per heavy atom. The average molecular weight is 413 g/mol. The number of amides is 4. The van der Waals surface area contributed by atoms with Crippen LogP contribution in [0.3, 0.4) is 0 Å². The smallest absolute Gasteiger partial charge is 0.343 e. The van der Waals surface area contributed by atoms with Gasteiger partial charge in [0.2, 0.25) is 0 Å². The molecule has 0 atom stereocenters. The molecule has 9 heteroatoms. The number of carbonyl (C=O) groups is 3. The minimum atomic E-state index is -0.852. The summed E-state index contributed by atoms with van der Waals surface area (Å²) in [6.07, 6.45) is 0. The van der Waals surface area contributed by atoms with E-state index >= 15 is 0 Å². The number of nitrogens with one attached hydrogen (secondary N) is 1. The van der Waals surface area contributed by atoms with E-state index in [1.807, 2.05) is 0 Å². The molecule has 1 N–H and O–H groups in total. The molecule has 0 radical (unpaired) electrons. The maximum Gasteiger partial charge on any atom is 0.343 e. The van der Waals surface area contributed by atoms with Gasteiger partial charge in [0.1, 0.15) is 11.6 Å². The molecule has 0 aromatic heterocycles. The lowest BCUT2D eigenvalue weighted by atomic mass is 10.2. The second-order valence-corrected chi connectivity index (χ2v) is 7.23. The van der Waals surface area contributed by atoms with Gasteiger partial charge >= 0.3 is 17.8 Å².